The maximum atomic E-state index is 12.2. The lowest BCUT2D eigenvalue weighted by Gasteiger charge is -2.11. The van der Waals surface area contributed by atoms with E-state index < -0.39 is 9.84 Å². The Morgan fingerprint density at radius 1 is 1.13 bits per heavy atom. The average Bonchev–Trinajstić information content (AvgIpc) is 2.47. The van der Waals surface area contributed by atoms with Crippen LogP contribution in [0.2, 0.25) is 0 Å². The monoisotopic (exact) mass is 333 g/mol. The predicted octanol–water partition coefficient (Wildman–Crippen LogP) is 2.59. The highest BCUT2D eigenvalue weighted by atomic mass is 32.2. The van der Waals surface area contributed by atoms with Gasteiger partial charge in [0.25, 0.3) is 0 Å². The quantitative estimate of drug-likeness (QED) is 0.913. The van der Waals surface area contributed by atoms with Gasteiger partial charge in [-0.2, -0.15) is 0 Å². The Kier molecular flexibility index (Phi) is 5.05. The van der Waals surface area contributed by atoms with E-state index in [9.17, 15) is 13.2 Å². The van der Waals surface area contributed by atoms with Crippen LogP contribution in [0.25, 0.3) is 0 Å². The first-order valence-electron chi connectivity index (χ1n) is 7.03. The molecule has 1 amide bonds. The Morgan fingerprint density at radius 2 is 1.78 bits per heavy atom. The summed E-state index contributed by atoms with van der Waals surface area (Å²) in [5, 5.41) is 2.81. The summed E-state index contributed by atoms with van der Waals surface area (Å²) in [5.41, 5.74) is 2.37. The van der Waals surface area contributed by atoms with Crippen LogP contribution < -0.4 is 10.1 Å². The molecule has 0 unspecified atom stereocenters. The number of hydrogen-bond acceptors (Lipinski definition) is 4. The first-order chi connectivity index (χ1) is 10.8. The molecule has 0 spiro atoms. The van der Waals surface area contributed by atoms with E-state index in [0.29, 0.717) is 11.4 Å². The van der Waals surface area contributed by atoms with Gasteiger partial charge >= 0.3 is 0 Å². The van der Waals surface area contributed by atoms with Crippen molar-refractivity contribution in [2.75, 3.05) is 18.7 Å². The van der Waals surface area contributed by atoms with Crippen molar-refractivity contribution in [2.45, 2.75) is 18.2 Å². The topological polar surface area (TPSA) is 72.5 Å². The van der Waals surface area contributed by atoms with E-state index in [4.69, 9.17) is 4.74 Å². The Labute approximate surface area is 136 Å². The van der Waals surface area contributed by atoms with E-state index in [-0.39, 0.29) is 17.2 Å². The number of rotatable bonds is 5. The summed E-state index contributed by atoms with van der Waals surface area (Å²) in [5.74, 6) is 0.400. The highest BCUT2D eigenvalue weighted by Gasteiger charge is 2.10. The summed E-state index contributed by atoms with van der Waals surface area (Å²) < 4.78 is 28.1. The standard InChI is InChI=1S/C17H19NO4S/c1-12-4-9-16(22-2)15(10-12)18-17(19)11-13-5-7-14(8-6-13)23(3,20)21/h4-10H,11H2,1-3H3,(H,18,19). The average molecular weight is 333 g/mol. The van der Waals surface area contributed by atoms with Crippen molar-refractivity contribution in [3.63, 3.8) is 0 Å². The molecule has 5 nitrogen and oxygen atoms in total. The lowest BCUT2D eigenvalue weighted by Crippen LogP contribution is -2.15. The second-order valence-corrected chi connectivity index (χ2v) is 7.36. The second kappa shape index (κ2) is 6.83. The number of methoxy groups -OCH3 is 1. The molecule has 0 aromatic heterocycles. The van der Waals surface area contributed by atoms with E-state index in [1.165, 1.54) is 12.1 Å². The fourth-order valence-corrected chi connectivity index (χ4v) is 2.78. The lowest BCUT2D eigenvalue weighted by atomic mass is 10.1. The summed E-state index contributed by atoms with van der Waals surface area (Å²) in [7, 11) is -1.68. The zero-order valence-corrected chi connectivity index (χ0v) is 14.1. The zero-order valence-electron chi connectivity index (χ0n) is 13.3. The summed E-state index contributed by atoms with van der Waals surface area (Å²) in [6.07, 6.45) is 1.31. The molecule has 0 aliphatic heterocycles. The third-order valence-corrected chi connectivity index (χ3v) is 4.47. The number of carbonyl (C=O) groups is 1. The van der Waals surface area contributed by atoms with Crippen LogP contribution in [0.4, 0.5) is 5.69 Å². The van der Waals surface area contributed by atoms with Gasteiger partial charge in [0.1, 0.15) is 5.75 Å². The van der Waals surface area contributed by atoms with Gasteiger partial charge in [0.15, 0.2) is 9.84 Å². The van der Waals surface area contributed by atoms with Crippen molar-refractivity contribution in [1.82, 2.24) is 0 Å². The Balaban J connectivity index is 2.10. The summed E-state index contributed by atoms with van der Waals surface area (Å²) in [4.78, 5) is 12.4. The third-order valence-electron chi connectivity index (χ3n) is 3.35. The minimum Gasteiger partial charge on any atom is -0.495 e. The summed E-state index contributed by atoms with van der Waals surface area (Å²) in [6.45, 7) is 1.93. The molecule has 0 aliphatic carbocycles. The van der Waals surface area contributed by atoms with Crippen LogP contribution >= 0.6 is 0 Å². The molecular weight excluding hydrogens is 314 g/mol. The predicted molar refractivity (Wildman–Crippen MR) is 89.6 cm³/mol. The minimum atomic E-state index is -3.23. The van der Waals surface area contributed by atoms with Gasteiger partial charge in [-0.25, -0.2) is 8.42 Å². The summed E-state index contributed by atoms with van der Waals surface area (Å²) in [6, 6.07) is 11.8. The molecule has 0 heterocycles. The SMILES string of the molecule is COc1ccc(C)cc1NC(=O)Cc1ccc(S(C)(=O)=O)cc1. The van der Waals surface area contributed by atoms with Crippen LogP contribution in [0, 0.1) is 6.92 Å². The number of benzene rings is 2. The van der Waals surface area contributed by atoms with Crippen LogP contribution in [0.1, 0.15) is 11.1 Å². The van der Waals surface area contributed by atoms with Gasteiger partial charge in [-0.15, -0.1) is 0 Å². The molecule has 2 aromatic carbocycles. The van der Waals surface area contributed by atoms with Crippen molar-refractivity contribution in [2.24, 2.45) is 0 Å². The van der Waals surface area contributed by atoms with E-state index >= 15 is 0 Å². The maximum absolute atomic E-state index is 12.2. The number of aryl methyl sites for hydroxylation is 1. The normalized spacial score (nSPS) is 11.1. The van der Waals surface area contributed by atoms with Gasteiger partial charge in [0.05, 0.1) is 24.1 Å². The molecule has 2 rings (SSSR count). The first kappa shape index (κ1) is 17.0. The first-order valence-corrected chi connectivity index (χ1v) is 8.92. The molecule has 0 atom stereocenters. The Bertz CT molecular complexity index is 811. The van der Waals surface area contributed by atoms with Crippen molar-refractivity contribution < 1.29 is 17.9 Å². The highest BCUT2D eigenvalue weighted by Crippen LogP contribution is 2.25. The lowest BCUT2D eigenvalue weighted by molar-refractivity contribution is -0.115. The maximum Gasteiger partial charge on any atom is 0.228 e. The Hall–Kier alpha value is -2.34. The van der Waals surface area contributed by atoms with Crippen molar-refractivity contribution in [3.8, 4) is 5.75 Å². The molecule has 6 heteroatoms. The van der Waals surface area contributed by atoms with Crippen molar-refractivity contribution in [1.29, 1.82) is 0 Å². The van der Waals surface area contributed by atoms with Crippen molar-refractivity contribution >= 4 is 21.4 Å². The molecule has 0 aliphatic rings. The zero-order chi connectivity index (χ0) is 17.0. The number of hydrogen-bond donors (Lipinski definition) is 1. The van der Waals surface area contributed by atoms with E-state index in [1.54, 1.807) is 25.3 Å². The summed E-state index contributed by atoms with van der Waals surface area (Å²) >= 11 is 0. The Morgan fingerprint density at radius 3 is 2.35 bits per heavy atom. The molecule has 122 valence electrons. The number of sulfone groups is 1. The fourth-order valence-electron chi connectivity index (χ4n) is 2.15. The molecule has 0 radical (unpaired) electrons. The molecule has 0 fully saturated rings. The molecule has 0 bridgehead atoms. The number of nitrogens with one attached hydrogen (secondary N) is 1. The fraction of sp³-hybridized carbons (Fsp3) is 0.235. The van der Waals surface area contributed by atoms with Gasteiger partial charge in [-0.3, -0.25) is 4.79 Å². The van der Waals surface area contributed by atoms with E-state index in [2.05, 4.69) is 5.32 Å². The number of ether oxygens (including phenoxy) is 1. The second-order valence-electron chi connectivity index (χ2n) is 5.34. The van der Waals surface area contributed by atoms with Gasteiger partial charge in [0, 0.05) is 6.26 Å². The van der Waals surface area contributed by atoms with E-state index in [0.717, 1.165) is 17.4 Å². The van der Waals surface area contributed by atoms with Gasteiger partial charge in [-0.05, 0) is 42.3 Å². The van der Waals surface area contributed by atoms with Crippen LogP contribution in [-0.2, 0) is 21.1 Å². The number of amides is 1. The minimum absolute atomic E-state index is 0.154. The highest BCUT2D eigenvalue weighted by molar-refractivity contribution is 7.90. The van der Waals surface area contributed by atoms with Crippen molar-refractivity contribution in [3.05, 3.63) is 53.6 Å². The molecule has 1 N–H and O–H groups in total. The van der Waals surface area contributed by atoms with Gasteiger partial charge < -0.3 is 10.1 Å². The third kappa shape index (κ3) is 4.56. The van der Waals surface area contributed by atoms with Crippen LogP contribution in [0.15, 0.2) is 47.4 Å². The van der Waals surface area contributed by atoms with Crippen LogP contribution in [-0.4, -0.2) is 27.7 Å². The number of anilines is 1. The molecule has 0 saturated carbocycles. The number of carbonyl (C=O) groups excluding carboxylic acids is 1. The molecular formula is C17H19NO4S. The van der Waals surface area contributed by atoms with E-state index in [1.807, 2.05) is 19.1 Å². The molecule has 23 heavy (non-hydrogen) atoms. The molecule has 0 saturated heterocycles. The van der Waals surface area contributed by atoms with Gasteiger partial charge in [0.2, 0.25) is 5.91 Å². The van der Waals surface area contributed by atoms with Crippen LogP contribution in [0.3, 0.4) is 0 Å². The van der Waals surface area contributed by atoms with Gasteiger partial charge in [-0.1, -0.05) is 18.2 Å². The molecule has 2 aromatic rings. The smallest absolute Gasteiger partial charge is 0.228 e. The van der Waals surface area contributed by atoms with Crippen LogP contribution in [0.5, 0.6) is 5.75 Å². The largest absolute Gasteiger partial charge is 0.495 e.